The fourth-order valence-electron chi connectivity index (χ4n) is 1.39. The van der Waals surface area contributed by atoms with Gasteiger partial charge in [-0.3, -0.25) is 10.1 Å². The largest absolute Gasteiger partial charge is 0.396 e. The molecule has 2 N–H and O–H groups in total. The zero-order valence-corrected chi connectivity index (χ0v) is 10.3. The Morgan fingerprint density at radius 2 is 2.29 bits per heavy atom. The quantitative estimate of drug-likeness (QED) is 0.604. The van der Waals surface area contributed by atoms with E-state index in [2.05, 4.69) is 5.32 Å². The van der Waals surface area contributed by atoms with E-state index in [1.54, 1.807) is 6.07 Å². The third kappa shape index (κ3) is 4.30. The van der Waals surface area contributed by atoms with Crippen molar-refractivity contribution in [2.45, 2.75) is 13.5 Å². The van der Waals surface area contributed by atoms with E-state index in [4.69, 9.17) is 16.7 Å². The number of nitrogens with zero attached hydrogens (tertiary/aromatic N) is 1. The Labute approximate surface area is 105 Å². The van der Waals surface area contributed by atoms with Crippen molar-refractivity contribution < 1.29 is 10.0 Å². The van der Waals surface area contributed by atoms with Crippen LogP contribution in [0.25, 0.3) is 0 Å². The summed E-state index contributed by atoms with van der Waals surface area (Å²) in [7, 11) is 0. The van der Waals surface area contributed by atoms with E-state index in [-0.39, 0.29) is 18.2 Å². The second kappa shape index (κ2) is 6.54. The molecule has 1 rings (SSSR count). The summed E-state index contributed by atoms with van der Waals surface area (Å²) in [6.45, 7) is 2.94. The third-order valence-corrected chi connectivity index (χ3v) is 2.59. The Morgan fingerprint density at radius 1 is 1.59 bits per heavy atom. The molecule has 1 atom stereocenters. The van der Waals surface area contributed by atoms with Gasteiger partial charge in [0.25, 0.3) is 5.69 Å². The minimum atomic E-state index is -0.428. The number of aliphatic hydroxyl groups excluding tert-OH is 1. The Hall–Kier alpha value is -1.17. The molecule has 0 radical (unpaired) electrons. The molecule has 0 fully saturated rings. The highest BCUT2D eigenvalue weighted by Gasteiger charge is 2.13. The second-order valence-electron chi connectivity index (χ2n) is 3.95. The number of nitro groups is 1. The molecular weight excluding hydrogens is 244 g/mol. The molecule has 0 saturated heterocycles. The highest BCUT2D eigenvalue weighted by atomic mass is 35.5. The van der Waals surface area contributed by atoms with E-state index in [0.29, 0.717) is 23.7 Å². The van der Waals surface area contributed by atoms with Gasteiger partial charge in [-0.1, -0.05) is 18.5 Å². The van der Waals surface area contributed by atoms with Crippen LogP contribution in [0.3, 0.4) is 0 Å². The van der Waals surface area contributed by atoms with Crippen LogP contribution in [-0.2, 0) is 6.54 Å². The van der Waals surface area contributed by atoms with Crippen LogP contribution in [0, 0.1) is 16.0 Å². The second-order valence-corrected chi connectivity index (χ2v) is 4.39. The highest BCUT2D eigenvalue weighted by Crippen LogP contribution is 2.22. The number of halogens is 1. The highest BCUT2D eigenvalue weighted by molar-refractivity contribution is 6.30. The number of nitrogens with one attached hydrogen (secondary N) is 1. The molecule has 0 bridgehead atoms. The first kappa shape index (κ1) is 13.9. The summed E-state index contributed by atoms with van der Waals surface area (Å²) < 4.78 is 0. The van der Waals surface area contributed by atoms with Crippen LogP contribution in [0.2, 0.25) is 5.02 Å². The molecular formula is C11H15ClN2O3. The molecule has 0 spiro atoms. The minimum absolute atomic E-state index is 0.0542. The molecule has 5 nitrogen and oxygen atoms in total. The normalized spacial score (nSPS) is 12.4. The fourth-order valence-corrected chi connectivity index (χ4v) is 1.59. The van der Waals surface area contributed by atoms with Gasteiger partial charge in [-0.15, -0.1) is 0 Å². The zero-order valence-electron chi connectivity index (χ0n) is 9.52. The number of aliphatic hydroxyl groups is 1. The number of hydrogen-bond donors (Lipinski definition) is 2. The molecule has 0 heterocycles. The minimum Gasteiger partial charge on any atom is -0.396 e. The number of hydrogen-bond acceptors (Lipinski definition) is 4. The molecule has 0 aliphatic heterocycles. The van der Waals surface area contributed by atoms with E-state index in [0.717, 1.165) is 0 Å². The van der Waals surface area contributed by atoms with E-state index in [1.165, 1.54) is 12.1 Å². The molecule has 94 valence electrons. The van der Waals surface area contributed by atoms with E-state index in [1.807, 2.05) is 6.92 Å². The lowest BCUT2D eigenvalue weighted by atomic mass is 10.1. The van der Waals surface area contributed by atoms with Crippen molar-refractivity contribution in [3.63, 3.8) is 0 Å². The molecule has 0 aromatic heterocycles. The van der Waals surface area contributed by atoms with Gasteiger partial charge < -0.3 is 10.4 Å². The van der Waals surface area contributed by atoms with Gasteiger partial charge in [0.1, 0.15) is 0 Å². The van der Waals surface area contributed by atoms with E-state index in [9.17, 15) is 10.1 Å². The van der Waals surface area contributed by atoms with Gasteiger partial charge in [0.2, 0.25) is 0 Å². The predicted molar refractivity (Wildman–Crippen MR) is 66.1 cm³/mol. The molecule has 1 aromatic carbocycles. The van der Waals surface area contributed by atoms with Gasteiger partial charge >= 0.3 is 0 Å². The van der Waals surface area contributed by atoms with Gasteiger partial charge in [0.05, 0.1) is 4.92 Å². The van der Waals surface area contributed by atoms with Crippen LogP contribution in [-0.4, -0.2) is 23.2 Å². The first-order chi connectivity index (χ1) is 8.04. The molecule has 6 heteroatoms. The molecule has 0 aliphatic rings. The monoisotopic (exact) mass is 258 g/mol. The van der Waals surface area contributed by atoms with Gasteiger partial charge in [-0.25, -0.2) is 0 Å². The van der Waals surface area contributed by atoms with E-state index < -0.39 is 4.92 Å². The lowest BCUT2D eigenvalue weighted by Crippen LogP contribution is -2.23. The Balaban J connectivity index is 2.68. The van der Waals surface area contributed by atoms with Crippen molar-refractivity contribution in [3.8, 4) is 0 Å². The standard InChI is InChI=1S/C11H15ClN2O3/c1-8(7-15)5-13-6-9-4-10(12)2-3-11(9)14(16)17/h2-4,8,13,15H,5-7H2,1H3. The van der Waals surface area contributed by atoms with E-state index >= 15 is 0 Å². The van der Waals surface area contributed by atoms with Crippen molar-refractivity contribution in [2.75, 3.05) is 13.2 Å². The summed E-state index contributed by atoms with van der Waals surface area (Å²) >= 11 is 5.80. The maximum atomic E-state index is 10.8. The SMILES string of the molecule is CC(CO)CNCc1cc(Cl)ccc1[N+](=O)[O-]. The van der Waals surface area contributed by atoms with Crippen LogP contribution >= 0.6 is 11.6 Å². The van der Waals surface area contributed by atoms with Crippen LogP contribution in [0.15, 0.2) is 18.2 Å². The van der Waals surface area contributed by atoms with Crippen LogP contribution in [0.4, 0.5) is 5.69 Å². The van der Waals surface area contributed by atoms with Crippen LogP contribution in [0.1, 0.15) is 12.5 Å². The average Bonchev–Trinajstić information content (AvgIpc) is 2.28. The van der Waals surface area contributed by atoms with Gasteiger partial charge in [-0.05, 0) is 18.1 Å². The summed E-state index contributed by atoms with van der Waals surface area (Å²) in [4.78, 5) is 10.4. The van der Waals surface area contributed by atoms with Crippen molar-refractivity contribution >= 4 is 17.3 Å². The van der Waals surface area contributed by atoms with Crippen LogP contribution < -0.4 is 5.32 Å². The van der Waals surface area contributed by atoms with Crippen LogP contribution in [0.5, 0.6) is 0 Å². The van der Waals surface area contributed by atoms with Crippen molar-refractivity contribution in [1.29, 1.82) is 0 Å². The zero-order chi connectivity index (χ0) is 12.8. The molecule has 0 saturated carbocycles. The molecule has 1 unspecified atom stereocenters. The summed E-state index contributed by atoms with van der Waals surface area (Å²) in [5.41, 5.74) is 0.603. The summed E-state index contributed by atoms with van der Waals surface area (Å²) in [6.07, 6.45) is 0. The van der Waals surface area contributed by atoms with Crippen molar-refractivity contribution in [3.05, 3.63) is 38.9 Å². The number of benzene rings is 1. The maximum Gasteiger partial charge on any atom is 0.273 e. The Morgan fingerprint density at radius 3 is 2.88 bits per heavy atom. The number of rotatable bonds is 6. The molecule has 0 amide bonds. The maximum absolute atomic E-state index is 10.8. The average molecular weight is 259 g/mol. The molecule has 1 aromatic rings. The lowest BCUT2D eigenvalue weighted by molar-refractivity contribution is -0.385. The van der Waals surface area contributed by atoms with Gasteiger partial charge in [0.15, 0.2) is 0 Å². The van der Waals surface area contributed by atoms with Gasteiger partial charge in [-0.2, -0.15) is 0 Å². The Bertz CT molecular complexity index is 398. The molecule has 0 aliphatic carbocycles. The fraction of sp³-hybridized carbons (Fsp3) is 0.455. The first-order valence-electron chi connectivity index (χ1n) is 5.29. The summed E-state index contributed by atoms with van der Waals surface area (Å²) in [6, 6.07) is 4.48. The predicted octanol–water partition coefficient (Wildman–Crippen LogP) is 1.97. The smallest absolute Gasteiger partial charge is 0.273 e. The summed E-state index contributed by atoms with van der Waals surface area (Å²) in [5, 5.41) is 23.2. The Kier molecular flexibility index (Phi) is 5.34. The third-order valence-electron chi connectivity index (χ3n) is 2.36. The lowest BCUT2D eigenvalue weighted by Gasteiger charge is -2.09. The summed E-state index contributed by atoms with van der Waals surface area (Å²) in [5.74, 6) is 0.119. The topological polar surface area (TPSA) is 75.4 Å². The molecule has 17 heavy (non-hydrogen) atoms. The first-order valence-corrected chi connectivity index (χ1v) is 5.66. The number of nitro benzene ring substituents is 1. The van der Waals surface area contributed by atoms with Crippen molar-refractivity contribution in [1.82, 2.24) is 5.32 Å². The van der Waals surface area contributed by atoms with Crippen molar-refractivity contribution in [2.24, 2.45) is 5.92 Å². The van der Waals surface area contributed by atoms with Gasteiger partial charge in [0, 0.05) is 36.3 Å².